The van der Waals surface area contributed by atoms with Gasteiger partial charge in [0, 0.05) is 5.54 Å². The summed E-state index contributed by atoms with van der Waals surface area (Å²) < 4.78 is 0. The van der Waals surface area contributed by atoms with Crippen molar-refractivity contribution >= 4 is 0 Å². The van der Waals surface area contributed by atoms with Gasteiger partial charge in [-0.25, -0.2) is 0 Å². The van der Waals surface area contributed by atoms with Gasteiger partial charge >= 0.3 is 0 Å². The van der Waals surface area contributed by atoms with Crippen LogP contribution in [-0.4, -0.2) is 6.54 Å². The van der Waals surface area contributed by atoms with Crippen molar-refractivity contribution in [3.8, 4) is 0 Å². The molecule has 1 atom stereocenters. The number of piperidine rings is 1. The van der Waals surface area contributed by atoms with E-state index in [4.69, 9.17) is 0 Å². The Morgan fingerprint density at radius 1 is 1.19 bits per heavy atom. The monoisotopic (exact) mass is 217 g/mol. The molecule has 16 heavy (non-hydrogen) atoms. The van der Waals surface area contributed by atoms with Crippen LogP contribution in [0.3, 0.4) is 0 Å². The molecule has 1 aliphatic rings. The fourth-order valence-electron chi connectivity index (χ4n) is 2.87. The Bertz CT molecular complexity index is 314. The summed E-state index contributed by atoms with van der Waals surface area (Å²) in [5.41, 5.74) is 3.10. The lowest BCUT2D eigenvalue weighted by atomic mass is 9.79. The zero-order valence-electron chi connectivity index (χ0n) is 10.6. The summed E-state index contributed by atoms with van der Waals surface area (Å²) in [6.45, 7) is 5.62. The number of rotatable bonds is 3. The minimum Gasteiger partial charge on any atom is -0.307 e. The Labute approximate surface area is 99.3 Å². The van der Waals surface area contributed by atoms with Crippen LogP contribution in [0.4, 0.5) is 0 Å². The quantitative estimate of drug-likeness (QED) is 0.812. The SMILES string of the molecule is CCCC1(c2ccc(C)cc2)CCCCN1. The molecular weight excluding hydrogens is 194 g/mol. The van der Waals surface area contributed by atoms with Gasteiger partial charge in [-0.1, -0.05) is 49.6 Å². The molecule has 0 aromatic heterocycles. The van der Waals surface area contributed by atoms with Crippen molar-refractivity contribution in [2.75, 3.05) is 6.54 Å². The van der Waals surface area contributed by atoms with E-state index in [1.807, 2.05) is 0 Å². The van der Waals surface area contributed by atoms with Crippen LogP contribution in [0.5, 0.6) is 0 Å². The predicted molar refractivity (Wildman–Crippen MR) is 69.6 cm³/mol. The van der Waals surface area contributed by atoms with Crippen LogP contribution in [-0.2, 0) is 5.54 Å². The van der Waals surface area contributed by atoms with Crippen LogP contribution >= 0.6 is 0 Å². The first-order chi connectivity index (χ1) is 7.77. The van der Waals surface area contributed by atoms with Gasteiger partial charge in [0.1, 0.15) is 0 Å². The maximum atomic E-state index is 3.77. The van der Waals surface area contributed by atoms with E-state index in [1.54, 1.807) is 0 Å². The van der Waals surface area contributed by atoms with E-state index in [0.29, 0.717) is 0 Å². The molecule has 1 heterocycles. The highest BCUT2D eigenvalue weighted by Gasteiger charge is 2.32. The zero-order chi connectivity index (χ0) is 11.4. The van der Waals surface area contributed by atoms with Gasteiger partial charge in [0.2, 0.25) is 0 Å². The molecule has 0 saturated carbocycles. The second-order valence-electron chi connectivity index (χ2n) is 5.08. The molecule has 1 aliphatic heterocycles. The molecular formula is C15H23N. The fourth-order valence-corrected chi connectivity index (χ4v) is 2.87. The molecule has 1 N–H and O–H groups in total. The van der Waals surface area contributed by atoms with E-state index in [0.717, 1.165) is 0 Å². The number of aryl methyl sites for hydroxylation is 1. The van der Waals surface area contributed by atoms with Crippen LogP contribution in [0.25, 0.3) is 0 Å². The number of hydrogen-bond donors (Lipinski definition) is 1. The lowest BCUT2D eigenvalue weighted by Gasteiger charge is -2.39. The van der Waals surface area contributed by atoms with Gasteiger partial charge in [-0.3, -0.25) is 0 Å². The molecule has 88 valence electrons. The molecule has 1 aromatic rings. The van der Waals surface area contributed by atoms with E-state index in [2.05, 4.69) is 43.4 Å². The third kappa shape index (κ3) is 2.30. The summed E-state index contributed by atoms with van der Waals surface area (Å²) in [6.07, 6.45) is 6.50. The maximum Gasteiger partial charge on any atom is 0.0434 e. The molecule has 1 saturated heterocycles. The van der Waals surface area contributed by atoms with E-state index >= 15 is 0 Å². The Morgan fingerprint density at radius 2 is 1.94 bits per heavy atom. The van der Waals surface area contributed by atoms with Crippen LogP contribution in [0.1, 0.15) is 50.2 Å². The lowest BCUT2D eigenvalue weighted by molar-refractivity contribution is 0.237. The highest BCUT2D eigenvalue weighted by atomic mass is 15.0. The standard InChI is InChI=1S/C15H23N/c1-3-10-15(11-4-5-12-16-15)14-8-6-13(2)7-9-14/h6-9,16H,3-5,10-12H2,1-2H3. The Kier molecular flexibility index (Phi) is 3.65. The lowest BCUT2D eigenvalue weighted by Crippen LogP contribution is -2.45. The zero-order valence-corrected chi connectivity index (χ0v) is 10.6. The van der Waals surface area contributed by atoms with Crippen molar-refractivity contribution in [2.24, 2.45) is 0 Å². The van der Waals surface area contributed by atoms with Gasteiger partial charge in [-0.2, -0.15) is 0 Å². The molecule has 0 aliphatic carbocycles. The fraction of sp³-hybridized carbons (Fsp3) is 0.600. The number of nitrogens with one attached hydrogen (secondary N) is 1. The molecule has 1 aromatic carbocycles. The van der Waals surface area contributed by atoms with Gasteiger partial charge < -0.3 is 5.32 Å². The molecule has 1 fully saturated rings. The Morgan fingerprint density at radius 3 is 2.50 bits per heavy atom. The number of benzene rings is 1. The van der Waals surface area contributed by atoms with Crippen molar-refractivity contribution in [3.63, 3.8) is 0 Å². The molecule has 0 spiro atoms. The third-order valence-electron chi connectivity index (χ3n) is 3.77. The van der Waals surface area contributed by atoms with Gasteiger partial charge in [0.25, 0.3) is 0 Å². The minimum absolute atomic E-state index is 0.265. The highest BCUT2D eigenvalue weighted by molar-refractivity contribution is 5.28. The molecule has 2 rings (SSSR count). The topological polar surface area (TPSA) is 12.0 Å². The molecule has 1 heteroatoms. The predicted octanol–water partition coefficient (Wildman–Crippen LogP) is 3.76. The third-order valence-corrected chi connectivity index (χ3v) is 3.77. The Hall–Kier alpha value is -0.820. The molecule has 0 amide bonds. The van der Waals surface area contributed by atoms with Crippen LogP contribution in [0.15, 0.2) is 24.3 Å². The summed E-state index contributed by atoms with van der Waals surface area (Å²) in [4.78, 5) is 0. The van der Waals surface area contributed by atoms with Crippen molar-refractivity contribution in [1.29, 1.82) is 0 Å². The molecule has 1 unspecified atom stereocenters. The van der Waals surface area contributed by atoms with Gasteiger partial charge in [0.05, 0.1) is 0 Å². The average molecular weight is 217 g/mol. The van der Waals surface area contributed by atoms with Crippen molar-refractivity contribution in [2.45, 2.75) is 51.5 Å². The first kappa shape index (κ1) is 11.7. The van der Waals surface area contributed by atoms with E-state index in [1.165, 1.54) is 49.8 Å². The Balaban J connectivity index is 2.26. The summed E-state index contributed by atoms with van der Waals surface area (Å²) in [5, 5.41) is 3.77. The van der Waals surface area contributed by atoms with Gasteiger partial charge in [-0.15, -0.1) is 0 Å². The van der Waals surface area contributed by atoms with E-state index in [9.17, 15) is 0 Å². The van der Waals surface area contributed by atoms with E-state index in [-0.39, 0.29) is 5.54 Å². The van der Waals surface area contributed by atoms with Crippen molar-refractivity contribution in [1.82, 2.24) is 5.32 Å². The highest BCUT2D eigenvalue weighted by Crippen LogP contribution is 2.34. The summed E-state index contributed by atoms with van der Waals surface area (Å²) >= 11 is 0. The smallest absolute Gasteiger partial charge is 0.0434 e. The summed E-state index contributed by atoms with van der Waals surface area (Å²) in [5.74, 6) is 0. The van der Waals surface area contributed by atoms with Gasteiger partial charge in [0.15, 0.2) is 0 Å². The van der Waals surface area contributed by atoms with Gasteiger partial charge in [-0.05, 0) is 38.3 Å². The largest absolute Gasteiger partial charge is 0.307 e. The van der Waals surface area contributed by atoms with Crippen molar-refractivity contribution < 1.29 is 0 Å². The minimum atomic E-state index is 0.265. The molecule has 0 bridgehead atoms. The second-order valence-corrected chi connectivity index (χ2v) is 5.08. The van der Waals surface area contributed by atoms with Crippen molar-refractivity contribution in [3.05, 3.63) is 35.4 Å². The van der Waals surface area contributed by atoms with Crippen LogP contribution in [0.2, 0.25) is 0 Å². The molecule has 1 nitrogen and oxygen atoms in total. The van der Waals surface area contributed by atoms with Crippen LogP contribution in [0, 0.1) is 6.92 Å². The second kappa shape index (κ2) is 5.01. The van der Waals surface area contributed by atoms with Crippen LogP contribution < -0.4 is 5.32 Å². The summed E-state index contributed by atoms with van der Waals surface area (Å²) in [7, 11) is 0. The normalized spacial score (nSPS) is 25.6. The average Bonchev–Trinajstić information content (AvgIpc) is 2.31. The first-order valence-electron chi connectivity index (χ1n) is 6.59. The maximum absolute atomic E-state index is 3.77. The summed E-state index contributed by atoms with van der Waals surface area (Å²) in [6, 6.07) is 9.10. The van der Waals surface area contributed by atoms with E-state index < -0.39 is 0 Å². The molecule has 0 radical (unpaired) electrons. The number of hydrogen-bond acceptors (Lipinski definition) is 1. The first-order valence-corrected chi connectivity index (χ1v) is 6.59.